The molecule has 0 saturated heterocycles. The molecule has 36 heavy (non-hydrogen) atoms. The van der Waals surface area contributed by atoms with Crippen molar-refractivity contribution in [2.75, 3.05) is 45.7 Å². The normalized spacial score (nSPS) is 15.2. The molecule has 3 aromatic rings. The standard InChI is InChI=1S/C28H35N3O3.2ClH/c1-29(2)14-15-30(3)23-11-7-10-22-26-25(19-8-5-4-6-9-19)21-13-12-20(28(32)33)18-24(21)31(26)16-17-34-27(22)23;;/h7,10-13,18-19H,4-6,8-9,14-17H2,1-3H3,(H,32,33);2*1H. The molecule has 2 aromatic carbocycles. The van der Waals surface area contributed by atoms with Crippen LogP contribution in [0.1, 0.15) is 53.9 Å². The monoisotopic (exact) mass is 533 g/mol. The Kier molecular flexibility index (Phi) is 9.20. The number of aromatic nitrogens is 1. The van der Waals surface area contributed by atoms with Gasteiger partial charge in [-0.25, -0.2) is 4.79 Å². The highest BCUT2D eigenvalue weighted by Gasteiger charge is 2.30. The third kappa shape index (κ3) is 5.17. The molecule has 0 spiro atoms. The van der Waals surface area contributed by atoms with Crippen LogP contribution >= 0.6 is 24.8 Å². The van der Waals surface area contributed by atoms with Gasteiger partial charge in [-0.1, -0.05) is 31.4 Å². The number of anilines is 1. The first-order chi connectivity index (χ1) is 16.5. The minimum absolute atomic E-state index is 0. The van der Waals surface area contributed by atoms with Crippen LogP contribution in [0.3, 0.4) is 0 Å². The van der Waals surface area contributed by atoms with Gasteiger partial charge < -0.3 is 24.2 Å². The summed E-state index contributed by atoms with van der Waals surface area (Å²) < 4.78 is 8.75. The van der Waals surface area contributed by atoms with E-state index in [2.05, 4.69) is 53.7 Å². The second-order valence-corrected chi connectivity index (χ2v) is 10.0. The number of carboxylic acid groups (broad SMARTS) is 1. The Morgan fingerprint density at radius 2 is 1.81 bits per heavy atom. The summed E-state index contributed by atoms with van der Waals surface area (Å²) in [5, 5.41) is 10.9. The highest BCUT2D eigenvalue weighted by Crippen LogP contribution is 2.49. The van der Waals surface area contributed by atoms with E-state index < -0.39 is 5.97 Å². The average Bonchev–Trinajstić information content (AvgIpc) is 3.03. The van der Waals surface area contributed by atoms with Gasteiger partial charge >= 0.3 is 5.97 Å². The zero-order valence-electron chi connectivity index (χ0n) is 21.3. The zero-order chi connectivity index (χ0) is 23.8. The number of likely N-dealkylation sites (N-methyl/N-ethyl adjacent to an activating group) is 2. The predicted molar refractivity (Wildman–Crippen MR) is 152 cm³/mol. The number of hydrogen-bond acceptors (Lipinski definition) is 4. The van der Waals surface area contributed by atoms with E-state index in [9.17, 15) is 9.90 Å². The van der Waals surface area contributed by atoms with Crippen molar-refractivity contribution in [3.63, 3.8) is 0 Å². The molecule has 1 N–H and O–H groups in total. The van der Waals surface area contributed by atoms with Crippen molar-refractivity contribution >= 4 is 47.4 Å². The topological polar surface area (TPSA) is 57.9 Å². The summed E-state index contributed by atoms with van der Waals surface area (Å²) in [6.45, 7) is 3.14. The molecule has 1 saturated carbocycles. The number of benzene rings is 2. The van der Waals surface area contributed by atoms with Gasteiger partial charge in [-0.15, -0.1) is 24.8 Å². The molecule has 2 aliphatic rings. The molecule has 8 heteroatoms. The summed E-state index contributed by atoms with van der Waals surface area (Å²) in [7, 11) is 6.32. The van der Waals surface area contributed by atoms with E-state index in [4.69, 9.17) is 4.74 Å². The molecule has 196 valence electrons. The maximum Gasteiger partial charge on any atom is 0.335 e. The highest BCUT2D eigenvalue weighted by atomic mass is 35.5. The average molecular weight is 535 g/mol. The number of rotatable bonds is 6. The Morgan fingerprint density at radius 3 is 2.50 bits per heavy atom. The van der Waals surface area contributed by atoms with Crippen LogP contribution in [0.4, 0.5) is 5.69 Å². The van der Waals surface area contributed by atoms with Gasteiger partial charge in [0.25, 0.3) is 0 Å². The van der Waals surface area contributed by atoms with Crippen molar-refractivity contribution in [2.24, 2.45) is 0 Å². The lowest BCUT2D eigenvalue weighted by Crippen LogP contribution is -2.28. The number of aromatic carboxylic acids is 1. The van der Waals surface area contributed by atoms with Gasteiger partial charge in [0.1, 0.15) is 6.61 Å². The number of hydrogen-bond donors (Lipinski definition) is 1. The fourth-order valence-corrected chi connectivity index (χ4v) is 5.71. The van der Waals surface area contributed by atoms with E-state index in [1.165, 1.54) is 48.7 Å². The molecule has 0 bridgehead atoms. The van der Waals surface area contributed by atoms with Gasteiger partial charge in [-0.2, -0.15) is 0 Å². The summed E-state index contributed by atoms with van der Waals surface area (Å²) in [6.07, 6.45) is 6.17. The first-order valence-corrected chi connectivity index (χ1v) is 12.5. The second-order valence-electron chi connectivity index (χ2n) is 10.0. The molecule has 1 aliphatic heterocycles. The first kappa shape index (κ1) is 28.2. The Morgan fingerprint density at radius 1 is 1.06 bits per heavy atom. The number of ether oxygens (including phenoxy) is 1. The Balaban J connectivity index is 0.00000180. The lowest BCUT2D eigenvalue weighted by molar-refractivity contribution is 0.0697. The number of fused-ring (bicyclic) bond motifs is 5. The number of nitrogens with zero attached hydrogens (tertiary/aromatic N) is 3. The molecule has 2 heterocycles. The van der Waals surface area contributed by atoms with Gasteiger partial charge in [0.2, 0.25) is 0 Å². The number of halogens is 2. The van der Waals surface area contributed by atoms with Gasteiger partial charge in [0, 0.05) is 36.6 Å². The lowest BCUT2D eigenvalue weighted by atomic mass is 9.81. The largest absolute Gasteiger partial charge is 0.489 e. The van der Waals surface area contributed by atoms with Crippen molar-refractivity contribution < 1.29 is 14.6 Å². The SMILES string of the molecule is CN(C)CCN(C)c1cccc2c1OCCn1c-2c(C2CCCCC2)c2ccc(C(=O)O)cc21.Cl.Cl. The molecule has 0 amide bonds. The van der Waals surface area contributed by atoms with E-state index in [1.54, 1.807) is 6.07 Å². The smallest absolute Gasteiger partial charge is 0.335 e. The molecule has 1 fully saturated rings. The van der Waals surface area contributed by atoms with Crippen LogP contribution in [0, 0.1) is 0 Å². The quantitative estimate of drug-likeness (QED) is 0.403. The number of carbonyl (C=O) groups is 1. The van der Waals surface area contributed by atoms with E-state index in [-0.39, 0.29) is 24.8 Å². The lowest BCUT2D eigenvalue weighted by Gasteiger charge is -2.26. The van der Waals surface area contributed by atoms with Crippen molar-refractivity contribution in [3.05, 3.63) is 47.5 Å². The van der Waals surface area contributed by atoms with Crippen molar-refractivity contribution in [1.82, 2.24) is 9.47 Å². The van der Waals surface area contributed by atoms with Crippen LogP contribution in [0.25, 0.3) is 22.2 Å². The first-order valence-electron chi connectivity index (χ1n) is 12.5. The van der Waals surface area contributed by atoms with Gasteiger partial charge in [0.15, 0.2) is 5.75 Å². The maximum absolute atomic E-state index is 11.8. The van der Waals surface area contributed by atoms with Gasteiger partial charge in [0.05, 0.1) is 23.5 Å². The minimum Gasteiger partial charge on any atom is -0.489 e. The van der Waals surface area contributed by atoms with E-state index >= 15 is 0 Å². The van der Waals surface area contributed by atoms with E-state index in [0.29, 0.717) is 24.6 Å². The zero-order valence-corrected chi connectivity index (χ0v) is 23.0. The van der Waals surface area contributed by atoms with Crippen LogP contribution in [0.15, 0.2) is 36.4 Å². The molecule has 0 unspecified atom stereocenters. The van der Waals surface area contributed by atoms with Crippen molar-refractivity contribution in [3.8, 4) is 17.0 Å². The fourth-order valence-electron chi connectivity index (χ4n) is 5.71. The van der Waals surface area contributed by atoms with Gasteiger partial charge in [-0.05, 0) is 62.7 Å². The van der Waals surface area contributed by atoms with Crippen LogP contribution in [0.2, 0.25) is 0 Å². The van der Waals surface area contributed by atoms with Gasteiger partial charge in [-0.3, -0.25) is 0 Å². The summed E-state index contributed by atoms with van der Waals surface area (Å²) >= 11 is 0. The molecule has 0 atom stereocenters. The van der Waals surface area contributed by atoms with Crippen molar-refractivity contribution in [1.29, 1.82) is 0 Å². The van der Waals surface area contributed by atoms with Crippen LogP contribution in [0.5, 0.6) is 5.75 Å². The maximum atomic E-state index is 11.8. The number of carboxylic acids is 1. The Labute approximate surface area is 226 Å². The summed E-state index contributed by atoms with van der Waals surface area (Å²) in [6, 6.07) is 12.1. The predicted octanol–water partition coefficient (Wildman–Crippen LogP) is 6.29. The third-order valence-corrected chi connectivity index (χ3v) is 7.47. The molecule has 0 radical (unpaired) electrons. The Bertz CT molecular complexity index is 1220. The molecular formula is C28H37Cl2N3O3. The minimum atomic E-state index is -0.883. The second kappa shape index (κ2) is 11.8. The van der Waals surface area contributed by atoms with Crippen molar-refractivity contribution in [2.45, 2.75) is 44.6 Å². The number of para-hydroxylation sites is 1. The molecule has 6 nitrogen and oxygen atoms in total. The van der Waals surface area contributed by atoms with E-state index in [0.717, 1.165) is 35.6 Å². The van der Waals surface area contributed by atoms with Crippen LogP contribution < -0.4 is 9.64 Å². The highest BCUT2D eigenvalue weighted by molar-refractivity contribution is 5.99. The summed E-state index contributed by atoms with van der Waals surface area (Å²) in [4.78, 5) is 16.2. The summed E-state index contributed by atoms with van der Waals surface area (Å²) in [5.74, 6) is 0.553. The fraction of sp³-hybridized carbons (Fsp3) is 0.464. The molecule has 5 rings (SSSR count). The molecular weight excluding hydrogens is 497 g/mol. The van der Waals surface area contributed by atoms with Crippen LogP contribution in [-0.4, -0.2) is 61.4 Å². The van der Waals surface area contributed by atoms with E-state index in [1.807, 2.05) is 12.1 Å². The summed E-state index contributed by atoms with van der Waals surface area (Å²) in [5.41, 5.74) is 6.19. The molecule has 1 aromatic heterocycles. The molecule has 1 aliphatic carbocycles. The Hall–Kier alpha value is -2.41. The third-order valence-electron chi connectivity index (χ3n) is 7.47. The van der Waals surface area contributed by atoms with Crippen LogP contribution in [-0.2, 0) is 6.54 Å².